The van der Waals surface area contributed by atoms with Crippen LogP contribution in [-0.4, -0.2) is 31.6 Å². The molecule has 0 saturated carbocycles. The van der Waals surface area contributed by atoms with E-state index < -0.39 is 0 Å². The van der Waals surface area contributed by atoms with Crippen LogP contribution in [0.2, 0.25) is 10.0 Å². The minimum atomic E-state index is 0.432. The van der Waals surface area contributed by atoms with Gasteiger partial charge in [-0.2, -0.15) is 0 Å². The van der Waals surface area contributed by atoms with Crippen LogP contribution in [0, 0.1) is 0 Å². The number of halogens is 2. The van der Waals surface area contributed by atoms with E-state index in [1.807, 2.05) is 12.1 Å². The highest BCUT2D eigenvalue weighted by Crippen LogP contribution is 2.20. The maximum absolute atomic E-state index is 6.08. The van der Waals surface area contributed by atoms with Gasteiger partial charge in [0, 0.05) is 29.2 Å². The smallest absolute Gasteiger partial charge is 0.0465 e. The minimum Gasteiger partial charge on any atom is -0.309 e. The predicted octanol–water partition coefficient (Wildman–Crippen LogP) is 3.03. The summed E-state index contributed by atoms with van der Waals surface area (Å²) in [5, 5.41) is 4.82. The van der Waals surface area contributed by atoms with Crippen LogP contribution in [0.1, 0.15) is 12.5 Å². The van der Waals surface area contributed by atoms with Crippen molar-refractivity contribution in [2.75, 3.05) is 20.6 Å². The highest BCUT2D eigenvalue weighted by Gasteiger charge is 2.05. The van der Waals surface area contributed by atoms with Crippen LogP contribution in [0.15, 0.2) is 18.2 Å². The zero-order valence-corrected chi connectivity index (χ0v) is 11.4. The van der Waals surface area contributed by atoms with Crippen molar-refractivity contribution in [1.29, 1.82) is 0 Å². The Hall–Kier alpha value is -0.280. The van der Waals surface area contributed by atoms with Gasteiger partial charge in [-0.25, -0.2) is 0 Å². The van der Waals surface area contributed by atoms with Crippen LogP contribution in [0.4, 0.5) is 0 Å². The van der Waals surface area contributed by atoms with E-state index in [-0.39, 0.29) is 0 Å². The maximum atomic E-state index is 6.08. The molecule has 0 aromatic heterocycles. The Bertz CT molecular complexity index is 340. The van der Waals surface area contributed by atoms with Crippen molar-refractivity contribution in [3.8, 4) is 0 Å². The van der Waals surface area contributed by atoms with Crippen LogP contribution in [-0.2, 0) is 6.54 Å². The van der Waals surface area contributed by atoms with Crippen LogP contribution in [0.3, 0.4) is 0 Å². The van der Waals surface area contributed by atoms with Crippen molar-refractivity contribution in [1.82, 2.24) is 10.2 Å². The molecule has 2 nitrogen and oxygen atoms in total. The molecular weight excluding hydrogens is 243 g/mol. The molecule has 16 heavy (non-hydrogen) atoms. The SMILES string of the molecule is CC(CN(C)C)NCc1ccc(Cl)cc1Cl. The first-order chi connectivity index (χ1) is 7.49. The third-order valence-electron chi connectivity index (χ3n) is 2.30. The van der Waals surface area contributed by atoms with Crippen LogP contribution < -0.4 is 5.32 Å². The van der Waals surface area contributed by atoms with Crippen molar-refractivity contribution in [2.45, 2.75) is 19.5 Å². The van der Waals surface area contributed by atoms with Crippen LogP contribution >= 0.6 is 23.2 Å². The molecule has 90 valence electrons. The number of nitrogens with zero attached hydrogens (tertiary/aromatic N) is 1. The first kappa shape index (κ1) is 13.8. The lowest BCUT2D eigenvalue weighted by Crippen LogP contribution is -2.35. The van der Waals surface area contributed by atoms with E-state index in [0.29, 0.717) is 11.1 Å². The minimum absolute atomic E-state index is 0.432. The molecule has 1 rings (SSSR count). The molecule has 0 amide bonds. The Morgan fingerprint density at radius 2 is 2.00 bits per heavy atom. The van der Waals surface area contributed by atoms with Gasteiger partial charge in [0.1, 0.15) is 0 Å². The second-order valence-corrected chi connectivity index (χ2v) is 5.12. The molecule has 1 aromatic carbocycles. The number of rotatable bonds is 5. The maximum Gasteiger partial charge on any atom is 0.0465 e. The summed E-state index contributed by atoms with van der Waals surface area (Å²) in [5.41, 5.74) is 1.08. The Morgan fingerprint density at radius 3 is 2.56 bits per heavy atom. The largest absolute Gasteiger partial charge is 0.309 e. The molecule has 4 heteroatoms. The van der Waals surface area contributed by atoms with E-state index in [1.54, 1.807) is 6.07 Å². The fourth-order valence-electron chi connectivity index (χ4n) is 1.56. The van der Waals surface area contributed by atoms with E-state index in [0.717, 1.165) is 23.7 Å². The van der Waals surface area contributed by atoms with E-state index in [1.165, 1.54) is 0 Å². The number of hydrogen-bond acceptors (Lipinski definition) is 2. The number of likely N-dealkylation sites (N-methyl/N-ethyl adjacent to an activating group) is 1. The van der Waals surface area contributed by atoms with E-state index >= 15 is 0 Å². The standard InChI is InChI=1S/C12H18Cl2N2/c1-9(8-16(2)3)15-7-10-4-5-11(13)6-12(10)14/h4-6,9,15H,7-8H2,1-3H3. The zero-order valence-electron chi connectivity index (χ0n) is 9.93. The Morgan fingerprint density at radius 1 is 1.31 bits per heavy atom. The third kappa shape index (κ3) is 4.71. The van der Waals surface area contributed by atoms with Crippen molar-refractivity contribution in [3.05, 3.63) is 33.8 Å². The molecule has 0 saturated heterocycles. The van der Waals surface area contributed by atoms with Gasteiger partial charge in [0.25, 0.3) is 0 Å². The van der Waals surface area contributed by atoms with Gasteiger partial charge in [0.05, 0.1) is 0 Å². The lowest BCUT2D eigenvalue weighted by molar-refractivity contribution is 0.349. The number of hydrogen-bond donors (Lipinski definition) is 1. The van der Waals surface area contributed by atoms with Crippen LogP contribution in [0.5, 0.6) is 0 Å². The van der Waals surface area contributed by atoms with Crippen molar-refractivity contribution < 1.29 is 0 Å². The summed E-state index contributed by atoms with van der Waals surface area (Å²) in [6.45, 7) is 3.93. The first-order valence-electron chi connectivity index (χ1n) is 5.31. The molecule has 0 aliphatic carbocycles. The third-order valence-corrected chi connectivity index (χ3v) is 2.88. The molecule has 0 fully saturated rings. The van der Waals surface area contributed by atoms with Crippen molar-refractivity contribution in [3.63, 3.8) is 0 Å². The average Bonchev–Trinajstić information content (AvgIpc) is 2.15. The first-order valence-corrected chi connectivity index (χ1v) is 6.06. The second kappa shape index (κ2) is 6.45. The zero-order chi connectivity index (χ0) is 12.1. The molecule has 0 heterocycles. The summed E-state index contributed by atoms with van der Waals surface area (Å²) in [6, 6.07) is 6.03. The summed E-state index contributed by atoms with van der Waals surface area (Å²) in [5.74, 6) is 0. The van der Waals surface area contributed by atoms with E-state index in [9.17, 15) is 0 Å². The topological polar surface area (TPSA) is 15.3 Å². The van der Waals surface area contributed by atoms with E-state index in [4.69, 9.17) is 23.2 Å². The summed E-state index contributed by atoms with van der Waals surface area (Å²) in [4.78, 5) is 2.15. The lowest BCUT2D eigenvalue weighted by atomic mass is 10.2. The molecule has 1 atom stereocenters. The van der Waals surface area contributed by atoms with Crippen molar-refractivity contribution in [2.24, 2.45) is 0 Å². The fraction of sp³-hybridized carbons (Fsp3) is 0.500. The van der Waals surface area contributed by atoms with Gasteiger partial charge in [-0.3, -0.25) is 0 Å². The lowest BCUT2D eigenvalue weighted by Gasteiger charge is -2.18. The molecule has 0 spiro atoms. The molecule has 0 aliphatic heterocycles. The van der Waals surface area contributed by atoms with Gasteiger partial charge >= 0.3 is 0 Å². The van der Waals surface area contributed by atoms with Gasteiger partial charge in [-0.1, -0.05) is 29.3 Å². The Balaban J connectivity index is 2.48. The van der Waals surface area contributed by atoms with Gasteiger partial charge < -0.3 is 10.2 Å². The average molecular weight is 261 g/mol. The normalized spacial score (nSPS) is 13.1. The Labute approximate surface area is 108 Å². The van der Waals surface area contributed by atoms with Gasteiger partial charge in [-0.05, 0) is 38.7 Å². The summed E-state index contributed by atoms with van der Waals surface area (Å²) < 4.78 is 0. The number of nitrogens with one attached hydrogen (secondary N) is 1. The predicted molar refractivity (Wildman–Crippen MR) is 71.3 cm³/mol. The van der Waals surface area contributed by atoms with Crippen LogP contribution in [0.25, 0.3) is 0 Å². The van der Waals surface area contributed by atoms with Gasteiger partial charge in [0.15, 0.2) is 0 Å². The Kier molecular flexibility index (Phi) is 5.56. The summed E-state index contributed by atoms with van der Waals surface area (Å²) >= 11 is 11.9. The highest BCUT2D eigenvalue weighted by molar-refractivity contribution is 6.35. The fourth-order valence-corrected chi connectivity index (χ4v) is 2.04. The van der Waals surface area contributed by atoms with Crippen molar-refractivity contribution >= 4 is 23.2 Å². The van der Waals surface area contributed by atoms with Gasteiger partial charge in [0.2, 0.25) is 0 Å². The summed E-state index contributed by atoms with van der Waals surface area (Å²) in [7, 11) is 4.13. The molecule has 1 N–H and O–H groups in total. The molecular formula is C12H18Cl2N2. The van der Waals surface area contributed by atoms with E-state index in [2.05, 4.69) is 31.2 Å². The highest BCUT2D eigenvalue weighted by atomic mass is 35.5. The molecule has 0 radical (unpaired) electrons. The number of benzene rings is 1. The molecule has 0 aliphatic rings. The quantitative estimate of drug-likeness (QED) is 0.876. The monoisotopic (exact) mass is 260 g/mol. The second-order valence-electron chi connectivity index (χ2n) is 4.28. The summed E-state index contributed by atoms with van der Waals surface area (Å²) in [6.07, 6.45) is 0. The molecule has 1 aromatic rings. The molecule has 1 unspecified atom stereocenters. The molecule has 0 bridgehead atoms. The van der Waals surface area contributed by atoms with Gasteiger partial charge in [-0.15, -0.1) is 0 Å².